The van der Waals surface area contributed by atoms with Gasteiger partial charge in [0.1, 0.15) is 0 Å². The molecule has 1 heterocycles. The normalized spacial score (nSPS) is 28.5. The number of ether oxygens (including phenoxy) is 1. The van der Waals surface area contributed by atoms with Gasteiger partial charge in [0.05, 0.1) is 0 Å². The minimum Gasteiger partial charge on any atom is -0.453 e. The summed E-state index contributed by atoms with van der Waals surface area (Å²) in [5.41, 5.74) is 5.90. The summed E-state index contributed by atoms with van der Waals surface area (Å²) in [5.74, 6) is 3.49. The minimum absolute atomic E-state index is 0.500. The zero-order chi connectivity index (χ0) is 13.6. The second kappa shape index (κ2) is 3.30. The summed E-state index contributed by atoms with van der Waals surface area (Å²) < 4.78 is 5.86. The predicted molar refractivity (Wildman–Crippen MR) is 83.5 cm³/mol. The Bertz CT molecular complexity index is 966. The van der Waals surface area contributed by atoms with E-state index in [-0.39, 0.29) is 0 Å². The van der Waals surface area contributed by atoms with Crippen LogP contribution in [0, 0.1) is 5.92 Å². The minimum atomic E-state index is 0.500. The Labute approximate surface area is 122 Å². The number of fused-ring (bicyclic) bond motifs is 5. The Balaban J connectivity index is 1.83. The molecule has 0 saturated heterocycles. The fraction of sp³-hybridized carbons (Fsp3) is 0.200. The number of allylic oxidation sites excluding steroid dienone is 7. The largest absolute Gasteiger partial charge is 0.453 e. The van der Waals surface area contributed by atoms with Gasteiger partial charge >= 0.3 is 0 Å². The van der Waals surface area contributed by atoms with Crippen LogP contribution >= 0.6 is 0 Å². The van der Waals surface area contributed by atoms with Crippen LogP contribution in [0.25, 0.3) is 17.4 Å². The first kappa shape index (κ1) is 10.4. The maximum absolute atomic E-state index is 5.86. The topological polar surface area (TPSA) is 12.5 Å². The molecule has 0 N–H and O–H groups in total. The van der Waals surface area contributed by atoms with Gasteiger partial charge in [0, 0.05) is 17.4 Å². The SMILES string of the molecule is C1=CCc2cc3c4c(c2=C1)C1=C(O1)C4CC1C=CC=CC=31. The van der Waals surface area contributed by atoms with Crippen molar-refractivity contribution in [3.8, 4) is 0 Å². The van der Waals surface area contributed by atoms with E-state index >= 15 is 0 Å². The van der Waals surface area contributed by atoms with Crippen molar-refractivity contribution < 1.29 is 4.74 Å². The Morgan fingerprint density at radius 2 is 2.14 bits per heavy atom. The van der Waals surface area contributed by atoms with E-state index in [9.17, 15) is 0 Å². The van der Waals surface area contributed by atoms with Crippen LogP contribution in [0.15, 0.2) is 48.3 Å². The molecule has 100 valence electrons. The lowest BCUT2D eigenvalue weighted by Gasteiger charge is -2.29. The van der Waals surface area contributed by atoms with Gasteiger partial charge in [-0.2, -0.15) is 0 Å². The first-order valence-electron chi connectivity index (χ1n) is 7.76. The Hall–Kier alpha value is -2.28. The predicted octanol–water partition coefficient (Wildman–Crippen LogP) is 2.67. The van der Waals surface area contributed by atoms with Gasteiger partial charge in [0.2, 0.25) is 0 Å². The van der Waals surface area contributed by atoms with Crippen molar-refractivity contribution in [1.82, 2.24) is 0 Å². The van der Waals surface area contributed by atoms with Crippen LogP contribution in [-0.4, -0.2) is 0 Å². The van der Waals surface area contributed by atoms with Crippen molar-refractivity contribution in [1.29, 1.82) is 0 Å². The Kier molecular flexibility index (Phi) is 1.64. The van der Waals surface area contributed by atoms with Gasteiger partial charge in [-0.05, 0) is 40.0 Å². The molecule has 6 rings (SSSR count). The highest BCUT2D eigenvalue weighted by Gasteiger charge is 2.48. The van der Waals surface area contributed by atoms with E-state index in [0.29, 0.717) is 11.8 Å². The van der Waals surface area contributed by atoms with E-state index < -0.39 is 0 Å². The zero-order valence-corrected chi connectivity index (χ0v) is 11.6. The highest BCUT2D eigenvalue weighted by atomic mass is 16.6. The molecule has 4 aliphatic carbocycles. The summed E-state index contributed by atoms with van der Waals surface area (Å²) >= 11 is 0. The monoisotopic (exact) mass is 270 g/mol. The molecule has 0 spiro atoms. The zero-order valence-electron chi connectivity index (χ0n) is 11.6. The first-order valence-corrected chi connectivity index (χ1v) is 7.76. The van der Waals surface area contributed by atoms with Crippen molar-refractivity contribution in [2.24, 2.45) is 5.92 Å². The fourth-order valence-corrected chi connectivity index (χ4v) is 4.51. The van der Waals surface area contributed by atoms with E-state index in [4.69, 9.17) is 4.74 Å². The first-order chi connectivity index (χ1) is 10.4. The molecular weight excluding hydrogens is 256 g/mol. The highest BCUT2D eigenvalue weighted by molar-refractivity contribution is 5.86. The van der Waals surface area contributed by atoms with Gasteiger partial charge in [-0.1, -0.05) is 48.6 Å². The van der Waals surface area contributed by atoms with E-state index in [1.54, 1.807) is 5.56 Å². The molecule has 1 heteroatoms. The third kappa shape index (κ3) is 1.15. The highest BCUT2D eigenvalue weighted by Crippen LogP contribution is 2.56. The van der Waals surface area contributed by atoms with Crippen LogP contribution < -0.4 is 10.4 Å². The van der Waals surface area contributed by atoms with Crippen molar-refractivity contribution in [3.63, 3.8) is 0 Å². The van der Waals surface area contributed by atoms with E-state index in [0.717, 1.165) is 6.42 Å². The molecule has 0 radical (unpaired) electrons. The molecule has 1 aliphatic heterocycles. The van der Waals surface area contributed by atoms with Crippen molar-refractivity contribution in [2.75, 3.05) is 0 Å². The molecule has 5 aliphatic rings. The van der Waals surface area contributed by atoms with Gasteiger partial charge in [-0.25, -0.2) is 0 Å². The van der Waals surface area contributed by atoms with Gasteiger partial charge in [0.25, 0.3) is 0 Å². The summed E-state index contributed by atoms with van der Waals surface area (Å²) in [7, 11) is 0. The van der Waals surface area contributed by atoms with E-state index in [1.807, 2.05) is 0 Å². The summed E-state index contributed by atoms with van der Waals surface area (Å²) in [4.78, 5) is 0. The Morgan fingerprint density at radius 3 is 3.14 bits per heavy atom. The number of hydrogen-bond donors (Lipinski definition) is 0. The smallest absolute Gasteiger partial charge is 0.174 e. The third-order valence-corrected chi connectivity index (χ3v) is 5.45. The standard InChI is InChI=1S/C20H14O/c1-3-7-13-11(5-1)10-16-17-15(13)9-12-6-2-4-8-14(12)18(17)20-19(16)21-20/h1-5,7-9,11,16H,6,10H2. The summed E-state index contributed by atoms with van der Waals surface area (Å²) in [6, 6.07) is 2.44. The lowest BCUT2D eigenvalue weighted by molar-refractivity contribution is 0.438. The molecular formula is C20H14O. The van der Waals surface area contributed by atoms with Crippen molar-refractivity contribution >= 4 is 17.4 Å². The molecule has 2 unspecified atom stereocenters. The molecule has 21 heavy (non-hydrogen) atoms. The third-order valence-electron chi connectivity index (χ3n) is 5.45. The second-order valence-corrected chi connectivity index (χ2v) is 6.47. The fourth-order valence-electron chi connectivity index (χ4n) is 4.51. The molecule has 0 fully saturated rings. The maximum Gasteiger partial charge on any atom is 0.174 e. The molecule has 1 aromatic carbocycles. The quantitative estimate of drug-likeness (QED) is 0.706. The van der Waals surface area contributed by atoms with Crippen LogP contribution in [0.2, 0.25) is 0 Å². The van der Waals surface area contributed by atoms with Crippen LogP contribution in [0.5, 0.6) is 0 Å². The molecule has 0 amide bonds. The van der Waals surface area contributed by atoms with E-state index in [1.165, 1.54) is 45.1 Å². The summed E-state index contributed by atoms with van der Waals surface area (Å²) in [5, 5.41) is 2.88. The molecule has 2 atom stereocenters. The summed E-state index contributed by atoms with van der Waals surface area (Å²) in [6.45, 7) is 0. The lowest BCUT2D eigenvalue weighted by atomic mass is 9.75. The number of hydrogen-bond acceptors (Lipinski definition) is 1. The van der Waals surface area contributed by atoms with E-state index in [2.05, 4.69) is 48.6 Å². The lowest BCUT2D eigenvalue weighted by Crippen LogP contribution is -2.33. The average Bonchev–Trinajstić information content (AvgIpc) is 3.26. The molecule has 0 saturated carbocycles. The van der Waals surface area contributed by atoms with Gasteiger partial charge < -0.3 is 4.74 Å². The van der Waals surface area contributed by atoms with Crippen LogP contribution in [-0.2, 0) is 11.2 Å². The Morgan fingerprint density at radius 1 is 1.14 bits per heavy atom. The molecule has 0 bridgehead atoms. The molecule has 1 aromatic rings. The van der Waals surface area contributed by atoms with Gasteiger partial charge in [-0.3, -0.25) is 0 Å². The summed E-state index contributed by atoms with van der Waals surface area (Å²) in [6.07, 6.45) is 17.9. The van der Waals surface area contributed by atoms with Gasteiger partial charge in [0.15, 0.2) is 11.5 Å². The second-order valence-electron chi connectivity index (χ2n) is 6.47. The van der Waals surface area contributed by atoms with Crippen molar-refractivity contribution in [3.05, 3.63) is 75.4 Å². The average molecular weight is 270 g/mol. The molecule has 0 aromatic heterocycles. The maximum atomic E-state index is 5.86. The van der Waals surface area contributed by atoms with Crippen LogP contribution in [0.1, 0.15) is 29.0 Å². The van der Waals surface area contributed by atoms with Crippen LogP contribution in [0.3, 0.4) is 0 Å². The van der Waals surface area contributed by atoms with Crippen LogP contribution in [0.4, 0.5) is 0 Å². The molecule has 1 nitrogen and oxygen atoms in total. The number of benzene rings is 1. The van der Waals surface area contributed by atoms with Gasteiger partial charge in [-0.15, -0.1) is 0 Å². The number of rotatable bonds is 0. The van der Waals surface area contributed by atoms with Crippen molar-refractivity contribution in [2.45, 2.75) is 18.8 Å².